The van der Waals surface area contributed by atoms with Crippen LogP contribution in [0.4, 0.5) is 4.39 Å². The molecule has 4 heteroatoms. The van der Waals surface area contributed by atoms with Crippen molar-refractivity contribution in [3.05, 3.63) is 35.4 Å². The monoisotopic (exact) mass is 237 g/mol. The highest BCUT2D eigenvalue weighted by molar-refractivity contribution is 6.09. The van der Waals surface area contributed by atoms with Crippen molar-refractivity contribution in [2.75, 3.05) is 13.1 Å². The molecule has 1 N–H and O–H groups in total. The van der Waals surface area contributed by atoms with E-state index >= 15 is 0 Å². The molecule has 0 spiro atoms. The number of fused-ring (bicyclic) bond motifs is 1. The predicted octanol–water partition coefficient (Wildman–Crippen LogP) is 2.76. The standard InChI is InChI=1S/C8H5FO.C5H11NO/c9-7-5-3-1-2-4-6(5)8(7)10;7-6-4-2-1-3-5-6/h1-4,7H;7H,1-5H2. The first-order valence-electron chi connectivity index (χ1n) is 5.91. The fourth-order valence-corrected chi connectivity index (χ4v) is 2.02. The maximum atomic E-state index is 12.6. The van der Waals surface area contributed by atoms with E-state index in [4.69, 9.17) is 5.21 Å². The van der Waals surface area contributed by atoms with Gasteiger partial charge in [0, 0.05) is 24.2 Å². The van der Waals surface area contributed by atoms with Crippen LogP contribution in [0.15, 0.2) is 24.3 Å². The van der Waals surface area contributed by atoms with Crippen molar-refractivity contribution in [1.29, 1.82) is 0 Å². The molecule has 17 heavy (non-hydrogen) atoms. The summed E-state index contributed by atoms with van der Waals surface area (Å²) in [7, 11) is 0. The molecule has 3 nitrogen and oxygen atoms in total. The molecule has 2 aliphatic rings. The minimum atomic E-state index is -1.35. The van der Waals surface area contributed by atoms with Gasteiger partial charge < -0.3 is 5.21 Å². The molecule has 1 fully saturated rings. The smallest absolute Gasteiger partial charge is 0.201 e. The summed E-state index contributed by atoms with van der Waals surface area (Å²) in [5, 5.41) is 10.1. The molecule has 0 aromatic heterocycles. The average Bonchev–Trinajstić information content (AvgIpc) is 2.39. The second-order valence-electron chi connectivity index (χ2n) is 4.33. The minimum absolute atomic E-state index is 0.379. The zero-order valence-electron chi connectivity index (χ0n) is 9.60. The zero-order valence-corrected chi connectivity index (χ0v) is 9.60. The van der Waals surface area contributed by atoms with Gasteiger partial charge in [0.25, 0.3) is 0 Å². The van der Waals surface area contributed by atoms with Crippen LogP contribution in [0.2, 0.25) is 0 Å². The second kappa shape index (κ2) is 5.38. The Morgan fingerprint density at radius 1 is 1.18 bits per heavy atom. The fourth-order valence-electron chi connectivity index (χ4n) is 2.02. The van der Waals surface area contributed by atoms with E-state index in [1.807, 2.05) is 0 Å². The van der Waals surface area contributed by atoms with Crippen molar-refractivity contribution in [3.63, 3.8) is 0 Å². The first kappa shape index (κ1) is 12.2. The number of hydrogen-bond donors (Lipinski definition) is 1. The van der Waals surface area contributed by atoms with E-state index in [2.05, 4.69) is 0 Å². The van der Waals surface area contributed by atoms with Crippen LogP contribution in [0, 0.1) is 0 Å². The Morgan fingerprint density at radius 2 is 1.82 bits per heavy atom. The van der Waals surface area contributed by atoms with Crippen molar-refractivity contribution in [2.24, 2.45) is 0 Å². The third-order valence-electron chi connectivity index (χ3n) is 3.06. The molecule has 1 aliphatic carbocycles. The summed E-state index contributed by atoms with van der Waals surface area (Å²) < 4.78 is 12.6. The SMILES string of the molecule is O=C1c2ccccc2C1F.ON1CCCCC1. The lowest BCUT2D eigenvalue weighted by molar-refractivity contribution is -0.103. The number of rotatable bonds is 0. The van der Waals surface area contributed by atoms with Crippen LogP contribution in [0.5, 0.6) is 0 Å². The van der Waals surface area contributed by atoms with Gasteiger partial charge in [-0.25, -0.2) is 4.39 Å². The van der Waals surface area contributed by atoms with Gasteiger partial charge in [0.05, 0.1) is 0 Å². The lowest BCUT2D eigenvalue weighted by atomic mass is 9.85. The lowest BCUT2D eigenvalue weighted by Gasteiger charge is -2.20. The van der Waals surface area contributed by atoms with Crippen molar-refractivity contribution in [2.45, 2.75) is 25.4 Å². The molecule has 1 aromatic rings. The molecule has 1 heterocycles. The van der Waals surface area contributed by atoms with Crippen LogP contribution in [-0.2, 0) is 0 Å². The lowest BCUT2D eigenvalue weighted by Crippen LogP contribution is -2.25. The van der Waals surface area contributed by atoms with E-state index in [9.17, 15) is 9.18 Å². The molecule has 0 bridgehead atoms. The zero-order chi connectivity index (χ0) is 12.3. The largest absolute Gasteiger partial charge is 0.314 e. The molecule has 1 unspecified atom stereocenters. The first-order chi connectivity index (χ1) is 8.20. The van der Waals surface area contributed by atoms with E-state index in [1.54, 1.807) is 24.3 Å². The maximum Gasteiger partial charge on any atom is 0.201 e. The highest BCUT2D eigenvalue weighted by atomic mass is 19.1. The summed E-state index contributed by atoms with van der Waals surface area (Å²) in [6.45, 7) is 1.75. The molecule has 0 saturated carbocycles. The van der Waals surface area contributed by atoms with Crippen molar-refractivity contribution < 1.29 is 14.4 Å². The predicted molar refractivity (Wildman–Crippen MR) is 61.8 cm³/mol. The second-order valence-corrected chi connectivity index (χ2v) is 4.33. The summed E-state index contributed by atoms with van der Waals surface area (Å²) in [6, 6.07) is 6.76. The van der Waals surface area contributed by atoms with Gasteiger partial charge in [-0.15, -0.1) is 0 Å². The fraction of sp³-hybridized carbons (Fsp3) is 0.462. The van der Waals surface area contributed by atoms with Gasteiger partial charge in [0.1, 0.15) is 0 Å². The molecule has 3 rings (SSSR count). The molecule has 1 saturated heterocycles. The average molecular weight is 237 g/mol. The molecule has 1 aliphatic heterocycles. The molecule has 0 radical (unpaired) electrons. The van der Waals surface area contributed by atoms with Gasteiger partial charge in [-0.2, -0.15) is 5.06 Å². The molecule has 1 aromatic carbocycles. The van der Waals surface area contributed by atoms with E-state index < -0.39 is 6.17 Å². The Labute approximate surface area is 99.8 Å². The Kier molecular flexibility index (Phi) is 3.86. The number of hydrogen-bond acceptors (Lipinski definition) is 3. The molecular formula is C13H16FNO2. The topological polar surface area (TPSA) is 40.5 Å². The number of halogens is 1. The van der Waals surface area contributed by atoms with Crippen LogP contribution in [0.25, 0.3) is 0 Å². The van der Waals surface area contributed by atoms with E-state index in [0.29, 0.717) is 11.1 Å². The number of nitrogens with zero attached hydrogens (tertiary/aromatic N) is 1. The highest BCUT2D eigenvalue weighted by Gasteiger charge is 2.35. The normalized spacial score (nSPS) is 23.2. The van der Waals surface area contributed by atoms with E-state index in [-0.39, 0.29) is 5.78 Å². The van der Waals surface area contributed by atoms with Crippen LogP contribution in [-0.4, -0.2) is 29.1 Å². The molecule has 92 valence electrons. The van der Waals surface area contributed by atoms with Gasteiger partial charge in [-0.3, -0.25) is 4.79 Å². The van der Waals surface area contributed by atoms with Crippen molar-refractivity contribution in [1.82, 2.24) is 5.06 Å². The number of hydroxylamine groups is 2. The summed E-state index contributed by atoms with van der Waals surface area (Å²) in [6.07, 6.45) is 2.26. The Balaban J connectivity index is 0.000000136. The number of alkyl halides is 1. The third kappa shape index (κ3) is 2.70. The minimum Gasteiger partial charge on any atom is -0.314 e. The van der Waals surface area contributed by atoms with Crippen LogP contribution >= 0.6 is 0 Å². The number of ketones is 1. The molecule has 1 atom stereocenters. The van der Waals surface area contributed by atoms with Gasteiger partial charge >= 0.3 is 0 Å². The summed E-state index contributed by atoms with van der Waals surface area (Å²) >= 11 is 0. The van der Waals surface area contributed by atoms with E-state index in [0.717, 1.165) is 25.9 Å². The molecule has 0 amide bonds. The van der Waals surface area contributed by atoms with Crippen LogP contribution in [0.3, 0.4) is 0 Å². The molecular weight excluding hydrogens is 221 g/mol. The Bertz CT molecular complexity index is 402. The third-order valence-corrected chi connectivity index (χ3v) is 3.06. The maximum absolute atomic E-state index is 12.6. The summed E-state index contributed by atoms with van der Waals surface area (Å²) in [5.41, 5.74) is 1.07. The number of carbonyl (C=O) groups excluding carboxylic acids is 1. The van der Waals surface area contributed by atoms with Gasteiger partial charge in [-0.1, -0.05) is 30.7 Å². The number of piperidine rings is 1. The van der Waals surface area contributed by atoms with Crippen LogP contribution < -0.4 is 0 Å². The first-order valence-corrected chi connectivity index (χ1v) is 5.91. The quantitative estimate of drug-likeness (QED) is 0.754. The van der Waals surface area contributed by atoms with E-state index in [1.165, 1.54) is 11.5 Å². The highest BCUT2D eigenvalue weighted by Crippen LogP contribution is 2.35. The Morgan fingerprint density at radius 3 is 2.35 bits per heavy atom. The summed E-state index contributed by atoms with van der Waals surface area (Å²) in [5.74, 6) is -0.379. The van der Waals surface area contributed by atoms with Gasteiger partial charge in [-0.05, 0) is 12.8 Å². The van der Waals surface area contributed by atoms with Gasteiger partial charge in [0.2, 0.25) is 5.78 Å². The van der Waals surface area contributed by atoms with Crippen molar-refractivity contribution >= 4 is 5.78 Å². The number of carbonyl (C=O) groups is 1. The van der Waals surface area contributed by atoms with Crippen LogP contribution in [0.1, 0.15) is 41.4 Å². The number of Topliss-reactive ketones (excluding diaryl/α,β-unsaturated/α-hetero) is 1. The van der Waals surface area contributed by atoms with Gasteiger partial charge in [0.15, 0.2) is 6.17 Å². The van der Waals surface area contributed by atoms with Crippen molar-refractivity contribution in [3.8, 4) is 0 Å². The Hall–Kier alpha value is -1.26. The summed E-state index contributed by atoms with van der Waals surface area (Å²) in [4.78, 5) is 10.7. The number of benzene rings is 1.